The van der Waals surface area contributed by atoms with E-state index in [4.69, 9.17) is 10.1 Å². The Morgan fingerprint density at radius 2 is 1.76 bits per heavy atom. The van der Waals surface area contributed by atoms with Gasteiger partial charge < -0.3 is 10.4 Å². The molecule has 7 nitrogen and oxygen atoms in total. The van der Waals surface area contributed by atoms with Crippen molar-refractivity contribution < 1.29 is 23.1 Å². The number of benzene rings is 2. The lowest BCUT2D eigenvalue weighted by Crippen LogP contribution is -2.40. The molecular formula is C33H42N2O5S. The second kappa shape index (κ2) is 12.3. The summed E-state index contributed by atoms with van der Waals surface area (Å²) in [5.74, 6) is -0.208. The van der Waals surface area contributed by atoms with Crippen molar-refractivity contribution in [2.75, 3.05) is 12.8 Å². The average Bonchev–Trinajstić information content (AvgIpc) is 3.37. The molecule has 8 heteroatoms. The molecular weight excluding hydrogens is 536 g/mol. The monoisotopic (exact) mass is 578 g/mol. The maximum absolute atomic E-state index is 12.6. The van der Waals surface area contributed by atoms with Gasteiger partial charge in [0.25, 0.3) is 5.91 Å². The fraction of sp³-hybridized carbons (Fsp3) is 0.485. The number of aliphatic carboxylic acids is 1. The highest BCUT2D eigenvalue weighted by atomic mass is 32.2. The zero-order chi connectivity index (χ0) is 29.8. The van der Waals surface area contributed by atoms with Gasteiger partial charge in [-0.2, -0.15) is 0 Å². The largest absolute Gasteiger partial charge is 0.481 e. The van der Waals surface area contributed by atoms with Crippen LogP contribution in [-0.2, 0) is 21.1 Å². The average molecular weight is 579 g/mol. The Balaban J connectivity index is 1.68. The molecule has 1 saturated carbocycles. The molecule has 1 fully saturated rings. The van der Waals surface area contributed by atoms with Crippen LogP contribution in [0.15, 0.2) is 70.6 Å². The van der Waals surface area contributed by atoms with Crippen LogP contribution in [0.4, 0.5) is 0 Å². The van der Waals surface area contributed by atoms with Crippen molar-refractivity contribution in [2.45, 2.75) is 75.6 Å². The predicted octanol–water partition coefficient (Wildman–Crippen LogP) is 5.85. The number of carboxylic acid groups (broad SMARTS) is 1. The summed E-state index contributed by atoms with van der Waals surface area (Å²) < 4.78 is 24.6. The van der Waals surface area contributed by atoms with Gasteiger partial charge in [-0.15, -0.1) is 0 Å². The van der Waals surface area contributed by atoms with Crippen molar-refractivity contribution in [3.8, 4) is 0 Å². The van der Waals surface area contributed by atoms with Crippen LogP contribution in [0, 0.1) is 17.3 Å². The topological polar surface area (TPSA) is 113 Å². The molecule has 2 aliphatic rings. The van der Waals surface area contributed by atoms with Crippen LogP contribution in [0.3, 0.4) is 0 Å². The molecule has 0 aromatic heterocycles. The van der Waals surface area contributed by atoms with Crippen molar-refractivity contribution >= 4 is 27.9 Å². The first-order valence-corrected chi connectivity index (χ1v) is 16.3. The Kier molecular flexibility index (Phi) is 9.22. The van der Waals surface area contributed by atoms with Crippen molar-refractivity contribution in [2.24, 2.45) is 22.2 Å². The van der Waals surface area contributed by atoms with E-state index in [1.807, 2.05) is 30.5 Å². The molecule has 0 radical (unpaired) electrons. The maximum Gasteiger partial charge on any atom is 0.305 e. The minimum absolute atomic E-state index is 0.0319. The zero-order valence-corrected chi connectivity index (χ0v) is 25.3. The molecule has 41 heavy (non-hydrogen) atoms. The minimum atomic E-state index is -3.34. The third-order valence-electron chi connectivity index (χ3n) is 8.76. The van der Waals surface area contributed by atoms with Crippen molar-refractivity contribution in [1.29, 1.82) is 0 Å². The van der Waals surface area contributed by atoms with E-state index in [0.717, 1.165) is 36.8 Å². The van der Waals surface area contributed by atoms with Crippen molar-refractivity contribution in [3.63, 3.8) is 0 Å². The number of carbonyl (C=O) groups is 2. The van der Waals surface area contributed by atoms with Crippen molar-refractivity contribution in [3.05, 3.63) is 77.4 Å². The number of allylic oxidation sites excluding steroid dienone is 1. The van der Waals surface area contributed by atoms with Gasteiger partial charge in [-0.1, -0.05) is 51.1 Å². The molecule has 0 bridgehead atoms. The lowest BCUT2D eigenvalue weighted by atomic mass is 9.62. The van der Waals surface area contributed by atoms with Crippen LogP contribution in [0.1, 0.15) is 80.3 Å². The number of rotatable bonds is 10. The lowest BCUT2D eigenvalue weighted by Gasteiger charge is -2.44. The fourth-order valence-electron chi connectivity index (χ4n) is 6.56. The maximum atomic E-state index is 12.6. The van der Waals surface area contributed by atoms with E-state index < -0.39 is 21.3 Å². The van der Waals surface area contributed by atoms with Crippen LogP contribution in [-0.4, -0.2) is 50.0 Å². The van der Waals surface area contributed by atoms with E-state index >= 15 is 0 Å². The molecule has 220 valence electrons. The number of carbonyl (C=O) groups excluding carboxylic acids is 1. The molecule has 1 aliphatic carbocycles. The van der Waals surface area contributed by atoms with E-state index in [0.29, 0.717) is 28.7 Å². The van der Waals surface area contributed by atoms with Crippen LogP contribution in [0.25, 0.3) is 0 Å². The van der Waals surface area contributed by atoms with Gasteiger partial charge in [-0.3, -0.25) is 14.6 Å². The third-order valence-corrected chi connectivity index (χ3v) is 9.87. The number of aliphatic imine (C=N–C) groups is 1. The highest BCUT2D eigenvalue weighted by Crippen LogP contribution is 2.50. The summed E-state index contributed by atoms with van der Waals surface area (Å²) in [6.07, 6.45) is 12.1. The van der Waals surface area contributed by atoms with Crippen LogP contribution < -0.4 is 5.32 Å². The second-order valence-corrected chi connectivity index (χ2v) is 14.7. The lowest BCUT2D eigenvalue weighted by molar-refractivity contribution is -0.136. The number of nitrogens with zero attached hydrogens (tertiary/aromatic N) is 1. The summed E-state index contributed by atoms with van der Waals surface area (Å²) >= 11 is 0. The Bertz CT molecular complexity index is 1400. The van der Waals surface area contributed by atoms with Gasteiger partial charge in [0, 0.05) is 36.9 Å². The van der Waals surface area contributed by atoms with Gasteiger partial charge in [0.1, 0.15) is 0 Å². The summed E-state index contributed by atoms with van der Waals surface area (Å²) in [4.78, 5) is 28.8. The Labute approximate surface area is 244 Å². The molecule has 2 unspecified atom stereocenters. The molecule has 1 heterocycles. The Morgan fingerprint density at radius 1 is 1.07 bits per heavy atom. The van der Waals surface area contributed by atoms with Gasteiger partial charge in [-0.05, 0) is 84.4 Å². The van der Waals surface area contributed by atoms with Crippen LogP contribution in [0.2, 0.25) is 0 Å². The molecule has 0 spiro atoms. The molecule has 0 saturated heterocycles. The number of sulfone groups is 1. The molecule has 4 rings (SSSR count). The quantitative estimate of drug-likeness (QED) is 0.367. The predicted molar refractivity (Wildman–Crippen MR) is 162 cm³/mol. The van der Waals surface area contributed by atoms with Crippen molar-refractivity contribution in [1.82, 2.24) is 5.32 Å². The summed E-state index contributed by atoms with van der Waals surface area (Å²) in [6, 6.07) is 14.8. The van der Waals surface area contributed by atoms with Crippen LogP contribution in [0.5, 0.6) is 0 Å². The first kappa shape index (κ1) is 30.7. The molecule has 1 aliphatic heterocycles. The van der Waals surface area contributed by atoms with Gasteiger partial charge >= 0.3 is 5.97 Å². The number of hydrogen-bond donors (Lipinski definition) is 2. The van der Waals surface area contributed by atoms with E-state index in [-0.39, 0.29) is 30.2 Å². The standard InChI is InChI=1S/C33H42N2O5S/c1-32(2,3)27-15-13-25(14-16-27)30(24-9-11-26(12-10-24)31(38)34-20-17-29(36)37)33(18-6-19-35-33)22-23-7-5-8-28(21-23)41(4,39)40/h5-12,18-19,21,25,27,30H,13-17,20,22H2,1-4H3,(H,34,38)(H,36,37). The molecule has 2 N–H and O–H groups in total. The minimum Gasteiger partial charge on any atom is -0.481 e. The Hall–Kier alpha value is -3.26. The van der Waals surface area contributed by atoms with Gasteiger partial charge in [0.15, 0.2) is 9.84 Å². The summed E-state index contributed by atoms with van der Waals surface area (Å²) in [6.45, 7) is 7.02. The number of carboxylic acids is 1. The second-order valence-electron chi connectivity index (χ2n) is 12.7. The zero-order valence-electron chi connectivity index (χ0n) is 24.5. The molecule has 2 aromatic carbocycles. The molecule has 2 aromatic rings. The summed E-state index contributed by atoms with van der Waals surface area (Å²) in [5, 5.41) is 11.5. The molecule has 2 atom stereocenters. The van der Waals surface area contributed by atoms with Crippen LogP contribution >= 0.6 is 0 Å². The normalized spacial score (nSPS) is 23.3. The first-order valence-electron chi connectivity index (χ1n) is 14.4. The van der Waals surface area contributed by atoms with E-state index in [9.17, 15) is 18.0 Å². The molecule has 1 amide bonds. The summed E-state index contributed by atoms with van der Waals surface area (Å²) in [7, 11) is -3.34. The van der Waals surface area contributed by atoms with E-state index in [1.54, 1.807) is 30.3 Å². The van der Waals surface area contributed by atoms with E-state index in [1.165, 1.54) is 6.26 Å². The van der Waals surface area contributed by atoms with Gasteiger partial charge in [0.05, 0.1) is 16.9 Å². The SMILES string of the molecule is CC(C)(C)C1CCC(C(c2ccc(C(=O)NCCC(=O)O)cc2)C2(Cc3cccc(S(C)(=O)=O)c3)C=CC=N2)CC1. The Morgan fingerprint density at radius 3 is 2.32 bits per heavy atom. The van der Waals surface area contributed by atoms with Gasteiger partial charge in [-0.25, -0.2) is 8.42 Å². The highest BCUT2D eigenvalue weighted by Gasteiger charge is 2.45. The third kappa shape index (κ3) is 7.53. The number of nitrogens with one attached hydrogen (secondary N) is 1. The number of hydrogen-bond acceptors (Lipinski definition) is 5. The summed E-state index contributed by atoms with van der Waals surface area (Å²) in [5.41, 5.74) is 2.16. The van der Waals surface area contributed by atoms with E-state index in [2.05, 4.69) is 32.2 Å². The van der Waals surface area contributed by atoms with Gasteiger partial charge in [0.2, 0.25) is 0 Å². The fourth-order valence-corrected chi connectivity index (χ4v) is 7.25. The smallest absolute Gasteiger partial charge is 0.305 e. The first-order chi connectivity index (χ1) is 19.3. The highest BCUT2D eigenvalue weighted by molar-refractivity contribution is 7.90. The number of amides is 1.